The molecule has 2 unspecified atom stereocenters. The van der Waals surface area contributed by atoms with Crippen molar-refractivity contribution in [2.75, 3.05) is 0 Å². The molecule has 1 N–H and O–H groups in total. The highest BCUT2D eigenvalue weighted by Crippen LogP contribution is 2.29. The molecule has 0 radical (unpaired) electrons. The van der Waals surface area contributed by atoms with E-state index in [4.69, 9.17) is 4.74 Å². The summed E-state index contributed by atoms with van der Waals surface area (Å²) in [6.45, 7) is 4.02. The minimum atomic E-state index is -0.457. The zero-order chi connectivity index (χ0) is 16.9. The standard InChI is InChI=1S/C21H25NO2/c1-3-20(24-17-13-11-15(2)12-14-17)21(23)22-19-10-6-8-16-7-4-5-9-18(16)19/h4-5,7,9,11-14,19-20H,3,6,8,10H2,1-2H3,(H,22,23). The maximum Gasteiger partial charge on any atom is 0.261 e. The molecule has 2 aromatic rings. The third-order valence-electron chi connectivity index (χ3n) is 4.65. The van der Waals surface area contributed by atoms with Crippen molar-refractivity contribution in [3.05, 3.63) is 65.2 Å². The van der Waals surface area contributed by atoms with Gasteiger partial charge in [-0.15, -0.1) is 0 Å². The number of aryl methyl sites for hydroxylation is 2. The Morgan fingerprint density at radius 1 is 1.21 bits per heavy atom. The van der Waals surface area contributed by atoms with E-state index in [0.717, 1.165) is 25.0 Å². The molecule has 0 aromatic heterocycles. The Morgan fingerprint density at radius 2 is 1.96 bits per heavy atom. The average molecular weight is 323 g/mol. The molecule has 0 heterocycles. The van der Waals surface area contributed by atoms with Gasteiger partial charge in [-0.3, -0.25) is 4.79 Å². The summed E-state index contributed by atoms with van der Waals surface area (Å²) >= 11 is 0. The van der Waals surface area contributed by atoms with E-state index in [-0.39, 0.29) is 11.9 Å². The van der Waals surface area contributed by atoms with Gasteiger partial charge in [0.15, 0.2) is 6.10 Å². The highest BCUT2D eigenvalue weighted by molar-refractivity contribution is 5.81. The lowest BCUT2D eigenvalue weighted by Gasteiger charge is -2.28. The number of rotatable bonds is 5. The number of nitrogens with one attached hydrogen (secondary N) is 1. The van der Waals surface area contributed by atoms with Crippen LogP contribution in [0.15, 0.2) is 48.5 Å². The molecule has 1 aliphatic carbocycles. The van der Waals surface area contributed by atoms with Crippen molar-refractivity contribution < 1.29 is 9.53 Å². The normalized spacial score (nSPS) is 17.7. The number of carbonyl (C=O) groups is 1. The lowest BCUT2D eigenvalue weighted by Crippen LogP contribution is -2.40. The Hall–Kier alpha value is -2.29. The molecule has 0 saturated carbocycles. The van der Waals surface area contributed by atoms with E-state index in [1.807, 2.05) is 44.2 Å². The third-order valence-corrected chi connectivity index (χ3v) is 4.65. The molecule has 0 bridgehead atoms. The van der Waals surface area contributed by atoms with Gasteiger partial charge in [-0.2, -0.15) is 0 Å². The predicted molar refractivity (Wildman–Crippen MR) is 96.1 cm³/mol. The monoisotopic (exact) mass is 323 g/mol. The van der Waals surface area contributed by atoms with Gasteiger partial charge >= 0.3 is 0 Å². The van der Waals surface area contributed by atoms with Crippen LogP contribution in [0.3, 0.4) is 0 Å². The van der Waals surface area contributed by atoms with Crippen LogP contribution in [0.25, 0.3) is 0 Å². The van der Waals surface area contributed by atoms with Gasteiger partial charge in [0.2, 0.25) is 0 Å². The third kappa shape index (κ3) is 3.78. The highest BCUT2D eigenvalue weighted by Gasteiger charge is 2.25. The molecular weight excluding hydrogens is 298 g/mol. The number of hydrogen-bond donors (Lipinski definition) is 1. The first-order valence-corrected chi connectivity index (χ1v) is 8.79. The molecule has 3 nitrogen and oxygen atoms in total. The first-order chi connectivity index (χ1) is 11.7. The van der Waals surface area contributed by atoms with Crippen molar-refractivity contribution in [1.82, 2.24) is 5.32 Å². The molecule has 126 valence electrons. The first-order valence-electron chi connectivity index (χ1n) is 8.79. The first kappa shape index (κ1) is 16.6. The van der Waals surface area contributed by atoms with Gasteiger partial charge < -0.3 is 10.1 Å². The van der Waals surface area contributed by atoms with Crippen molar-refractivity contribution in [2.24, 2.45) is 0 Å². The Bertz CT molecular complexity index is 693. The molecule has 0 aliphatic heterocycles. The molecule has 2 atom stereocenters. The molecule has 3 rings (SSSR count). The number of fused-ring (bicyclic) bond motifs is 1. The van der Waals surface area contributed by atoms with E-state index in [2.05, 4.69) is 23.5 Å². The molecule has 2 aromatic carbocycles. The van der Waals surface area contributed by atoms with Crippen LogP contribution in [0.1, 0.15) is 48.9 Å². The highest BCUT2D eigenvalue weighted by atomic mass is 16.5. The summed E-state index contributed by atoms with van der Waals surface area (Å²) in [5.41, 5.74) is 3.78. The van der Waals surface area contributed by atoms with Crippen LogP contribution in [-0.4, -0.2) is 12.0 Å². The van der Waals surface area contributed by atoms with Crippen molar-refractivity contribution in [1.29, 1.82) is 0 Å². The summed E-state index contributed by atoms with van der Waals surface area (Å²) in [5, 5.41) is 3.19. The molecule has 0 fully saturated rings. The van der Waals surface area contributed by atoms with Gasteiger partial charge in [0.1, 0.15) is 5.75 Å². The van der Waals surface area contributed by atoms with Gasteiger partial charge in [0.25, 0.3) is 5.91 Å². The number of amides is 1. The summed E-state index contributed by atoms with van der Waals surface area (Å²) in [5.74, 6) is 0.714. The van der Waals surface area contributed by atoms with E-state index < -0.39 is 6.10 Å². The molecule has 1 aliphatic rings. The van der Waals surface area contributed by atoms with Crippen LogP contribution in [0.5, 0.6) is 5.75 Å². The summed E-state index contributed by atoms with van der Waals surface area (Å²) < 4.78 is 5.90. The summed E-state index contributed by atoms with van der Waals surface area (Å²) in [4.78, 5) is 12.7. The maximum absolute atomic E-state index is 12.7. The minimum Gasteiger partial charge on any atom is -0.481 e. The number of ether oxygens (including phenoxy) is 1. The number of carbonyl (C=O) groups excluding carboxylic acids is 1. The second-order valence-electron chi connectivity index (χ2n) is 6.48. The second-order valence-corrected chi connectivity index (χ2v) is 6.48. The van der Waals surface area contributed by atoms with E-state index in [1.165, 1.54) is 16.7 Å². The molecule has 24 heavy (non-hydrogen) atoms. The van der Waals surface area contributed by atoms with Crippen LogP contribution >= 0.6 is 0 Å². The topological polar surface area (TPSA) is 38.3 Å². The second kappa shape index (κ2) is 7.52. The lowest BCUT2D eigenvalue weighted by molar-refractivity contribution is -0.129. The SMILES string of the molecule is CCC(Oc1ccc(C)cc1)C(=O)NC1CCCc2ccccc21. The zero-order valence-corrected chi connectivity index (χ0v) is 14.4. The Labute approximate surface area is 144 Å². The molecular formula is C21H25NO2. The largest absolute Gasteiger partial charge is 0.481 e. The van der Waals surface area contributed by atoms with E-state index in [0.29, 0.717) is 6.42 Å². The van der Waals surface area contributed by atoms with Crippen molar-refractivity contribution in [2.45, 2.75) is 51.7 Å². The quantitative estimate of drug-likeness (QED) is 0.888. The number of hydrogen-bond acceptors (Lipinski definition) is 2. The van der Waals surface area contributed by atoms with E-state index >= 15 is 0 Å². The fourth-order valence-corrected chi connectivity index (χ4v) is 3.27. The van der Waals surface area contributed by atoms with Gasteiger partial charge in [-0.05, 0) is 55.9 Å². The van der Waals surface area contributed by atoms with Crippen molar-refractivity contribution in [3.63, 3.8) is 0 Å². The Balaban J connectivity index is 1.68. The van der Waals surface area contributed by atoms with E-state index in [1.54, 1.807) is 0 Å². The number of benzene rings is 2. The molecule has 0 spiro atoms. The summed E-state index contributed by atoms with van der Waals surface area (Å²) in [6.07, 6.45) is 3.39. The van der Waals surface area contributed by atoms with Crippen LogP contribution in [0.4, 0.5) is 0 Å². The van der Waals surface area contributed by atoms with Crippen LogP contribution in [-0.2, 0) is 11.2 Å². The molecule has 0 saturated heterocycles. The smallest absolute Gasteiger partial charge is 0.261 e. The zero-order valence-electron chi connectivity index (χ0n) is 14.4. The predicted octanol–water partition coefficient (Wildman–Crippen LogP) is 4.35. The summed E-state index contributed by atoms with van der Waals surface area (Å²) in [7, 11) is 0. The van der Waals surface area contributed by atoms with Crippen LogP contribution < -0.4 is 10.1 Å². The van der Waals surface area contributed by atoms with Gasteiger partial charge in [-0.25, -0.2) is 0 Å². The average Bonchev–Trinajstić information content (AvgIpc) is 2.61. The fourth-order valence-electron chi connectivity index (χ4n) is 3.27. The van der Waals surface area contributed by atoms with Gasteiger partial charge in [0, 0.05) is 0 Å². The molecule has 1 amide bonds. The lowest BCUT2D eigenvalue weighted by atomic mass is 9.87. The summed E-state index contributed by atoms with van der Waals surface area (Å²) in [6, 6.07) is 16.3. The van der Waals surface area contributed by atoms with Gasteiger partial charge in [0.05, 0.1) is 6.04 Å². The van der Waals surface area contributed by atoms with Crippen LogP contribution in [0, 0.1) is 6.92 Å². The molecule has 3 heteroatoms. The Kier molecular flexibility index (Phi) is 5.19. The van der Waals surface area contributed by atoms with Crippen molar-refractivity contribution in [3.8, 4) is 5.75 Å². The fraction of sp³-hybridized carbons (Fsp3) is 0.381. The van der Waals surface area contributed by atoms with Crippen LogP contribution in [0.2, 0.25) is 0 Å². The Morgan fingerprint density at radius 3 is 2.71 bits per heavy atom. The van der Waals surface area contributed by atoms with E-state index in [9.17, 15) is 4.79 Å². The minimum absolute atomic E-state index is 0.0280. The van der Waals surface area contributed by atoms with Crippen molar-refractivity contribution >= 4 is 5.91 Å². The maximum atomic E-state index is 12.7. The van der Waals surface area contributed by atoms with Gasteiger partial charge in [-0.1, -0.05) is 48.9 Å².